The summed E-state index contributed by atoms with van der Waals surface area (Å²) in [5.74, 6) is -1.90. The zero-order chi connectivity index (χ0) is 24.5. The number of nitrogens with one attached hydrogen (secondary N) is 1. The number of piperidine rings is 1. The Balaban J connectivity index is 1.42. The number of nitrogens with zero attached hydrogens (tertiary/aromatic N) is 1. The van der Waals surface area contributed by atoms with Gasteiger partial charge in [-0.1, -0.05) is 48.5 Å². The third-order valence-electron chi connectivity index (χ3n) is 6.23. The molecule has 1 heterocycles. The van der Waals surface area contributed by atoms with E-state index in [1.165, 1.54) is 4.90 Å². The van der Waals surface area contributed by atoms with Crippen molar-refractivity contribution in [3.63, 3.8) is 0 Å². The second kappa shape index (κ2) is 9.37. The van der Waals surface area contributed by atoms with Gasteiger partial charge in [-0.2, -0.15) is 0 Å². The van der Waals surface area contributed by atoms with Gasteiger partial charge in [-0.05, 0) is 49.4 Å². The predicted molar refractivity (Wildman–Crippen MR) is 126 cm³/mol. The van der Waals surface area contributed by atoms with Crippen molar-refractivity contribution in [3.05, 3.63) is 59.7 Å². The summed E-state index contributed by atoms with van der Waals surface area (Å²) in [6, 6.07) is 15.4. The molecule has 2 aliphatic rings. The van der Waals surface area contributed by atoms with E-state index in [-0.39, 0.29) is 32.0 Å². The Bertz CT molecular complexity index is 1050. The Hall–Kier alpha value is -3.55. The van der Waals surface area contributed by atoms with Crippen molar-refractivity contribution >= 4 is 18.2 Å². The average molecular weight is 467 g/mol. The van der Waals surface area contributed by atoms with Gasteiger partial charge in [0.1, 0.15) is 12.2 Å². The first-order valence-electron chi connectivity index (χ1n) is 11.5. The number of carbonyl (C=O) groups excluding carboxylic acids is 2. The number of likely N-dealkylation sites (tertiary alicyclic amines) is 1. The number of hydrogen-bond acceptors (Lipinski definition) is 5. The molecule has 4 rings (SSSR count). The summed E-state index contributed by atoms with van der Waals surface area (Å²) in [5.41, 5.74) is 3.80. The molecule has 0 saturated carbocycles. The summed E-state index contributed by atoms with van der Waals surface area (Å²) < 4.78 is 11.0. The number of aliphatic carboxylic acids is 1. The molecule has 0 aromatic heterocycles. The number of hydrogen-bond donors (Lipinski definition) is 2. The lowest BCUT2D eigenvalue weighted by atomic mass is 9.92. The van der Waals surface area contributed by atoms with E-state index in [0.29, 0.717) is 0 Å². The van der Waals surface area contributed by atoms with Gasteiger partial charge in [0.15, 0.2) is 0 Å². The molecule has 0 radical (unpaired) electrons. The maximum Gasteiger partial charge on any atom is 0.409 e. The molecule has 0 bridgehead atoms. The van der Waals surface area contributed by atoms with Gasteiger partial charge in [0.25, 0.3) is 0 Å². The summed E-state index contributed by atoms with van der Waals surface area (Å²) in [6.07, 6.45) is -1.03. The third kappa shape index (κ3) is 5.00. The number of benzene rings is 2. The molecule has 0 spiro atoms. The first-order chi connectivity index (χ1) is 16.1. The summed E-state index contributed by atoms with van der Waals surface area (Å²) in [5, 5.41) is 12.2. The van der Waals surface area contributed by atoms with Crippen LogP contribution in [0.2, 0.25) is 0 Å². The van der Waals surface area contributed by atoms with E-state index in [2.05, 4.69) is 17.4 Å². The standard InChI is InChI=1S/C26H30N2O6/c1-26(2,3)34-24(31)27-22-14-28(13-12-20(22)23(29)30)25(32)33-15-21-18-10-6-4-8-16(18)17-9-5-7-11-19(17)21/h4-11,20-22H,12-15H2,1-3H3,(H,27,31)(H,29,30)/t20-,22-/m0/s1. The number of fused-ring (bicyclic) bond motifs is 3. The number of carboxylic acid groups (broad SMARTS) is 1. The summed E-state index contributed by atoms with van der Waals surface area (Å²) in [6.45, 7) is 5.63. The first-order valence-corrected chi connectivity index (χ1v) is 11.5. The van der Waals surface area contributed by atoms with Crippen molar-refractivity contribution in [1.82, 2.24) is 10.2 Å². The molecular formula is C26H30N2O6. The molecule has 2 atom stereocenters. The minimum Gasteiger partial charge on any atom is -0.481 e. The zero-order valence-corrected chi connectivity index (χ0v) is 19.6. The number of amides is 2. The predicted octanol–water partition coefficient (Wildman–Crippen LogP) is 4.24. The van der Waals surface area contributed by atoms with Gasteiger partial charge in [0, 0.05) is 19.0 Å². The van der Waals surface area contributed by atoms with Crippen LogP contribution in [0.3, 0.4) is 0 Å². The van der Waals surface area contributed by atoms with Gasteiger partial charge in [-0.3, -0.25) is 4.79 Å². The molecule has 2 aromatic rings. The topological polar surface area (TPSA) is 105 Å². The lowest BCUT2D eigenvalue weighted by molar-refractivity contribution is -0.144. The molecule has 1 fully saturated rings. The van der Waals surface area contributed by atoms with Crippen LogP contribution in [0.15, 0.2) is 48.5 Å². The van der Waals surface area contributed by atoms with E-state index >= 15 is 0 Å². The molecule has 1 aliphatic carbocycles. The molecule has 2 aromatic carbocycles. The number of rotatable bonds is 4. The van der Waals surface area contributed by atoms with E-state index in [9.17, 15) is 19.5 Å². The van der Waals surface area contributed by atoms with Crippen LogP contribution in [0.5, 0.6) is 0 Å². The Morgan fingerprint density at radius 2 is 1.62 bits per heavy atom. The third-order valence-corrected chi connectivity index (χ3v) is 6.23. The van der Waals surface area contributed by atoms with Crippen molar-refractivity contribution in [3.8, 4) is 11.1 Å². The molecule has 0 unspecified atom stereocenters. The molecular weight excluding hydrogens is 436 g/mol. The van der Waals surface area contributed by atoms with Crippen LogP contribution in [0.25, 0.3) is 11.1 Å². The van der Waals surface area contributed by atoms with E-state index in [0.717, 1.165) is 22.3 Å². The molecule has 2 N–H and O–H groups in total. The highest BCUT2D eigenvalue weighted by Crippen LogP contribution is 2.44. The Morgan fingerprint density at radius 1 is 1.03 bits per heavy atom. The smallest absolute Gasteiger partial charge is 0.409 e. The van der Waals surface area contributed by atoms with E-state index in [1.807, 2.05) is 36.4 Å². The highest BCUT2D eigenvalue weighted by Gasteiger charge is 2.38. The quantitative estimate of drug-likeness (QED) is 0.699. The van der Waals surface area contributed by atoms with Crippen LogP contribution in [0.4, 0.5) is 9.59 Å². The van der Waals surface area contributed by atoms with Crippen molar-refractivity contribution in [2.45, 2.75) is 44.8 Å². The number of alkyl carbamates (subject to hydrolysis) is 1. The van der Waals surface area contributed by atoms with Gasteiger partial charge < -0.3 is 24.8 Å². The van der Waals surface area contributed by atoms with Gasteiger partial charge in [0.2, 0.25) is 0 Å². The minimum absolute atomic E-state index is 0.0346. The normalized spacial score (nSPS) is 19.7. The van der Waals surface area contributed by atoms with Crippen molar-refractivity contribution in [2.24, 2.45) is 5.92 Å². The average Bonchev–Trinajstić information content (AvgIpc) is 3.09. The Morgan fingerprint density at radius 3 is 2.18 bits per heavy atom. The molecule has 1 aliphatic heterocycles. The lowest BCUT2D eigenvalue weighted by Gasteiger charge is -2.36. The van der Waals surface area contributed by atoms with Crippen LogP contribution in [-0.4, -0.2) is 59.5 Å². The van der Waals surface area contributed by atoms with E-state index < -0.39 is 35.7 Å². The molecule has 8 heteroatoms. The number of carboxylic acids is 1. The highest BCUT2D eigenvalue weighted by atomic mass is 16.6. The Labute approximate surface area is 198 Å². The van der Waals surface area contributed by atoms with Gasteiger partial charge in [-0.25, -0.2) is 9.59 Å². The summed E-state index contributed by atoms with van der Waals surface area (Å²) >= 11 is 0. The highest BCUT2D eigenvalue weighted by molar-refractivity contribution is 5.79. The second-order valence-electron chi connectivity index (χ2n) is 9.74. The van der Waals surface area contributed by atoms with Gasteiger partial charge in [0.05, 0.1) is 12.0 Å². The van der Waals surface area contributed by atoms with Crippen molar-refractivity contribution in [1.29, 1.82) is 0 Å². The molecule has 34 heavy (non-hydrogen) atoms. The molecule has 1 saturated heterocycles. The van der Waals surface area contributed by atoms with Crippen molar-refractivity contribution in [2.75, 3.05) is 19.7 Å². The maximum atomic E-state index is 12.9. The SMILES string of the molecule is CC(C)(C)OC(=O)N[C@H]1CN(C(=O)OCC2c3ccccc3-c3ccccc32)CC[C@@H]1C(=O)O. The maximum absolute atomic E-state index is 12.9. The van der Waals surface area contributed by atoms with Crippen LogP contribution in [-0.2, 0) is 14.3 Å². The fourth-order valence-corrected chi connectivity index (χ4v) is 4.70. The number of carbonyl (C=O) groups is 3. The number of ether oxygens (including phenoxy) is 2. The fraction of sp³-hybridized carbons (Fsp3) is 0.423. The van der Waals surface area contributed by atoms with Crippen LogP contribution >= 0.6 is 0 Å². The van der Waals surface area contributed by atoms with Crippen LogP contribution < -0.4 is 5.32 Å². The lowest BCUT2D eigenvalue weighted by Crippen LogP contribution is -2.56. The zero-order valence-electron chi connectivity index (χ0n) is 19.6. The van der Waals surface area contributed by atoms with Crippen molar-refractivity contribution < 1.29 is 29.0 Å². The monoisotopic (exact) mass is 466 g/mol. The summed E-state index contributed by atoms with van der Waals surface area (Å²) in [7, 11) is 0. The first kappa shape index (κ1) is 23.6. The second-order valence-corrected chi connectivity index (χ2v) is 9.74. The van der Waals surface area contributed by atoms with Gasteiger partial charge in [-0.15, -0.1) is 0 Å². The minimum atomic E-state index is -1.02. The molecule has 2 amide bonds. The fourth-order valence-electron chi connectivity index (χ4n) is 4.70. The Kier molecular flexibility index (Phi) is 6.50. The molecule has 8 nitrogen and oxygen atoms in total. The van der Waals surface area contributed by atoms with Gasteiger partial charge >= 0.3 is 18.2 Å². The largest absolute Gasteiger partial charge is 0.481 e. The van der Waals surface area contributed by atoms with Crippen LogP contribution in [0.1, 0.15) is 44.2 Å². The van der Waals surface area contributed by atoms with E-state index in [4.69, 9.17) is 9.47 Å². The summed E-state index contributed by atoms with van der Waals surface area (Å²) in [4.78, 5) is 38.3. The molecule has 180 valence electrons. The van der Waals surface area contributed by atoms with Crippen LogP contribution in [0, 0.1) is 5.92 Å². The van der Waals surface area contributed by atoms with E-state index in [1.54, 1.807) is 20.8 Å².